The van der Waals surface area contributed by atoms with Crippen LogP contribution in [0.5, 0.6) is 0 Å². The highest BCUT2D eigenvalue weighted by Gasteiger charge is 2.11. The number of aromatic nitrogens is 2. The van der Waals surface area contributed by atoms with Crippen molar-refractivity contribution in [2.75, 3.05) is 11.5 Å². The minimum Gasteiger partial charge on any atom is -0.397 e. The van der Waals surface area contributed by atoms with E-state index in [1.54, 1.807) is 24.8 Å². The molecule has 82 valence electrons. The predicted octanol–water partition coefficient (Wildman–Crippen LogP) is 2.83. The second-order valence-electron chi connectivity index (χ2n) is 3.17. The van der Waals surface area contributed by atoms with Gasteiger partial charge in [-0.1, -0.05) is 0 Å². The standard InChI is InChI=1S/C10H8Br2N4/c11-7-3-15-1-5(9(7)13)6-2-16-4-8(12)10(6)14/h1-4H,(H2,13,15)(H2,14,16). The fourth-order valence-corrected chi connectivity index (χ4v) is 1.98. The summed E-state index contributed by atoms with van der Waals surface area (Å²) in [5.74, 6) is 0. The van der Waals surface area contributed by atoms with E-state index in [0.29, 0.717) is 11.4 Å². The molecule has 16 heavy (non-hydrogen) atoms. The van der Waals surface area contributed by atoms with E-state index in [4.69, 9.17) is 11.5 Å². The Morgan fingerprint density at radius 2 is 1.12 bits per heavy atom. The van der Waals surface area contributed by atoms with Gasteiger partial charge in [0.05, 0.1) is 20.3 Å². The Labute approximate surface area is 109 Å². The molecule has 0 amide bonds. The third kappa shape index (κ3) is 1.90. The number of nitrogen functional groups attached to an aromatic ring is 2. The Morgan fingerprint density at radius 3 is 1.50 bits per heavy atom. The van der Waals surface area contributed by atoms with Crippen LogP contribution in [0.15, 0.2) is 33.7 Å². The number of nitrogens with zero attached hydrogens (tertiary/aromatic N) is 2. The average molecular weight is 344 g/mol. The minimum absolute atomic E-state index is 0.599. The lowest BCUT2D eigenvalue weighted by atomic mass is 10.1. The van der Waals surface area contributed by atoms with E-state index in [1.807, 2.05) is 0 Å². The molecular weight excluding hydrogens is 336 g/mol. The van der Waals surface area contributed by atoms with Crippen molar-refractivity contribution in [3.63, 3.8) is 0 Å². The lowest BCUT2D eigenvalue weighted by molar-refractivity contribution is 1.28. The Kier molecular flexibility index (Phi) is 3.11. The number of hydrogen-bond acceptors (Lipinski definition) is 4. The smallest absolute Gasteiger partial charge is 0.0594 e. The van der Waals surface area contributed by atoms with E-state index in [0.717, 1.165) is 20.1 Å². The molecule has 6 heteroatoms. The maximum atomic E-state index is 5.95. The maximum absolute atomic E-state index is 5.95. The third-order valence-electron chi connectivity index (χ3n) is 2.17. The first-order chi connectivity index (χ1) is 7.61. The van der Waals surface area contributed by atoms with Crippen molar-refractivity contribution in [1.29, 1.82) is 0 Å². The molecule has 0 saturated heterocycles. The first-order valence-electron chi connectivity index (χ1n) is 4.39. The monoisotopic (exact) mass is 342 g/mol. The van der Waals surface area contributed by atoms with E-state index in [9.17, 15) is 0 Å². The molecule has 0 bridgehead atoms. The van der Waals surface area contributed by atoms with Crippen LogP contribution in [0.1, 0.15) is 0 Å². The molecular formula is C10H8Br2N4. The molecule has 0 fully saturated rings. The maximum Gasteiger partial charge on any atom is 0.0594 e. The molecule has 0 spiro atoms. The van der Waals surface area contributed by atoms with Crippen molar-refractivity contribution in [3.05, 3.63) is 33.7 Å². The Bertz CT molecular complexity index is 493. The molecule has 0 unspecified atom stereocenters. The molecule has 0 aliphatic rings. The molecule has 2 rings (SSSR count). The normalized spacial score (nSPS) is 10.4. The van der Waals surface area contributed by atoms with Gasteiger partial charge in [0.2, 0.25) is 0 Å². The lowest BCUT2D eigenvalue weighted by Gasteiger charge is -2.09. The number of anilines is 2. The molecule has 2 aromatic rings. The van der Waals surface area contributed by atoms with E-state index < -0.39 is 0 Å². The molecule has 4 N–H and O–H groups in total. The third-order valence-corrected chi connectivity index (χ3v) is 3.43. The predicted molar refractivity (Wildman–Crippen MR) is 71.7 cm³/mol. The van der Waals surface area contributed by atoms with Crippen LogP contribution in [0.2, 0.25) is 0 Å². The van der Waals surface area contributed by atoms with Crippen LogP contribution in [0.25, 0.3) is 11.1 Å². The van der Waals surface area contributed by atoms with Crippen molar-refractivity contribution in [2.24, 2.45) is 0 Å². The van der Waals surface area contributed by atoms with Gasteiger partial charge in [-0.2, -0.15) is 0 Å². The summed E-state index contributed by atoms with van der Waals surface area (Å²) in [6.07, 6.45) is 6.61. The number of rotatable bonds is 1. The molecule has 0 aliphatic heterocycles. The van der Waals surface area contributed by atoms with Gasteiger partial charge in [0.25, 0.3) is 0 Å². The van der Waals surface area contributed by atoms with E-state index >= 15 is 0 Å². The summed E-state index contributed by atoms with van der Waals surface area (Å²) in [6, 6.07) is 0. The second-order valence-corrected chi connectivity index (χ2v) is 4.87. The van der Waals surface area contributed by atoms with Crippen LogP contribution in [0, 0.1) is 0 Å². The largest absolute Gasteiger partial charge is 0.397 e. The lowest BCUT2D eigenvalue weighted by Crippen LogP contribution is -1.97. The highest BCUT2D eigenvalue weighted by Crippen LogP contribution is 2.36. The number of hydrogen-bond donors (Lipinski definition) is 2. The van der Waals surface area contributed by atoms with Crippen molar-refractivity contribution < 1.29 is 0 Å². The summed E-state index contributed by atoms with van der Waals surface area (Å²) in [6.45, 7) is 0. The van der Waals surface area contributed by atoms with Gasteiger partial charge in [0.15, 0.2) is 0 Å². The number of nitrogens with two attached hydrogens (primary N) is 2. The summed E-state index contributed by atoms with van der Waals surface area (Å²) in [5.41, 5.74) is 14.6. The SMILES string of the molecule is Nc1c(Br)cncc1-c1cncc(Br)c1N. The fourth-order valence-electron chi connectivity index (χ4n) is 1.32. The summed E-state index contributed by atoms with van der Waals surface area (Å²) in [5, 5.41) is 0. The summed E-state index contributed by atoms with van der Waals surface area (Å²) in [7, 11) is 0. The molecule has 2 heterocycles. The van der Waals surface area contributed by atoms with Crippen LogP contribution in [0.3, 0.4) is 0 Å². The Morgan fingerprint density at radius 1 is 0.750 bits per heavy atom. The van der Waals surface area contributed by atoms with Gasteiger partial charge in [0, 0.05) is 35.9 Å². The molecule has 4 nitrogen and oxygen atoms in total. The van der Waals surface area contributed by atoms with Crippen LogP contribution < -0.4 is 11.5 Å². The number of halogens is 2. The fraction of sp³-hybridized carbons (Fsp3) is 0. The van der Waals surface area contributed by atoms with Crippen LogP contribution >= 0.6 is 31.9 Å². The zero-order chi connectivity index (χ0) is 11.7. The van der Waals surface area contributed by atoms with Crippen LogP contribution in [0.4, 0.5) is 11.4 Å². The van der Waals surface area contributed by atoms with E-state index in [1.165, 1.54) is 0 Å². The second kappa shape index (κ2) is 4.39. The van der Waals surface area contributed by atoms with Crippen molar-refractivity contribution in [3.8, 4) is 11.1 Å². The Hall–Kier alpha value is -1.14. The van der Waals surface area contributed by atoms with Crippen molar-refractivity contribution in [1.82, 2.24) is 9.97 Å². The molecule has 0 atom stereocenters. The van der Waals surface area contributed by atoms with Crippen molar-refractivity contribution >= 4 is 43.2 Å². The summed E-state index contributed by atoms with van der Waals surface area (Å²) < 4.78 is 1.48. The highest BCUT2D eigenvalue weighted by atomic mass is 79.9. The molecule has 2 aromatic heterocycles. The highest BCUT2D eigenvalue weighted by molar-refractivity contribution is 9.11. The van der Waals surface area contributed by atoms with Gasteiger partial charge in [-0.05, 0) is 31.9 Å². The van der Waals surface area contributed by atoms with E-state index in [2.05, 4.69) is 41.8 Å². The van der Waals surface area contributed by atoms with Gasteiger partial charge in [0.1, 0.15) is 0 Å². The number of pyridine rings is 2. The molecule has 0 radical (unpaired) electrons. The van der Waals surface area contributed by atoms with Crippen LogP contribution in [-0.4, -0.2) is 9.97 Å². The molecule has 0 aromatic carbocycles. The Balaban J connectivity index is 2.68. The summed E-state index contributed by atoms with van der Waals surface area (Å²) >= 11 is 6.65. The van der Waals surface area contributed by atoms with Crippen LogP contribution in [-0.2, 0) is 0 Å². The van der Waals surface area contributed by atoms with Gasteiger partial charge in [-0.3, -0.25) is 9.97 Å². The first kappa shape index (κ1) is 11.3. The van der Waals surface area contributed by atoms with Gasteiger partial charge in [-0.25, -0.2) is 0 Å². The topological polar surface area (TPSA) is 77.8 Å². The van der Waals surface area contributed by atoms with Gasteiger partial charge >= 0.3 is 0 Å². The molecule has 0 saturated carbocycles. The minimum atomic E-state index is 0.599. The zero-order valence-electron chi connectivity index (χ0n) is 8.11. The summed E-state index contributed by atoms with van der Waals surface area (Å²) in [4.78, 5) is 8.13. The zero-order valence-corrected chi connectivity index (χ0v) is 11.3. The van der Waals surface area contributed by atoms with Gasteiger partial charge in [-0.15, -0.1) is 0 Å². The first-order valence-corrected chi connectivity index (χ1v) is 5.98. The van der Waals surface area contributed by atoms with Gasteiger partial charge < -0.3 is 11.5 Å². The van der Waals surface area contributed by atoms with E-state index in [-0.39, 0.29) is 0 Å². The van der Waals surface area contributed by atoms with Crippen molar-refractivity contribution in [2.45, 2.75) is 0 Å². The average Bonchev–Trinajstić information content (AvgIpc) is 2.27. The molecule has 0 aliphatic carbocycles. The quantitative estimate of drug-likeness (QED) is 0.834.